The van der Waals surface area contributed by atoms with Crippen molar-refractivity contribution in [2.24, 2.45) is 0 Å². The van der Waals surface area contributed by atoms with Gasteiger partial charge >= 0.3 is 0 Å². The molecule has 0 amide bonds. The summed E-state index contributed by atoms with van der Waals surface area (Å²) in [4.78, 5) is 0. The minimum absolute atomic E-state index is 1.21. The van der Waals surface area contributed by atoms with Gasteiger partial charge in [-0.1, -0.05) is 26.2 Å². The van der Waals surface area contributed by atoms with Gasteiger partial charge in [0.05, 0.1) is 6.08 Å². The molecule has 0 bridgehead atoms. The molecule has 0 saturated carbocycles. The Bertz CT molecular complexity index is 55.1. The van der Waals surface area contributed by atoms with Crippen molar-refractivity contribution in [3.05, 3.63) is 19.1 Å². The lowest BCUT2D eigenvalue weighted by Crippen LogP contribution is -1.75. The van der Waals surface area contributed by atoms with E-state index in [9.17, 15) is 0 Å². The van der Waals surface area contributed by atoms with E-state index >= 15 is 0 Å². The average molecular weight is 125 g/mol. The fourth-order valence-electron chi connectivity index (χ4n) is 0.807. The Morgan fingerprint density at radius 1 is 1.33 bits per heavy atom. The van der Waals surface area contributed by atoms with E-state index in [0.29, 0.717) is 0 Å². The first-order chi connectivity index (χ1) is 4.41. The Hall–Kier alpha value is -0.390. The van der Waals surface area contributed by atoms with Gasteiger partial charge in [0, 0.05) is 19.4 Å². The van der Waals surface area contributed by atoms with Crippen LogP contribution in [0, 0.1) is 6.42 Å². The Morgan fingerprint density at radius 2 is 2.11 bits per heavy atom. The third-order valence-corrected chi connectivity index (χ3v) is 1.39. The highest BCUT2D eigenvalue weighted by molar-refractivity contribution is 4.85. The topological polar surface area (TPSA) is 0 Å². The van der Waals surface area contributed by atoms with Crippen molar-refractivity contribution in [2.75, 3.05) is 0 Å². The number of allylic oxidation sites excluding steroid dienone is 1. The highest BCUT2D eigenvalue weighted by Gasteiger charge is 1.88. The van der Waals surface area contributed by atoms with Crippen LogP contribution >= 0.6 is 0 Å². The van der Waals surface area contributed by atoms with Crippen molar-refractivity contribution in [2.45, 2.75) is 39.0 Å². The molecule has 0 spiro atoms. The molecular weight excluding hydrogens is 108 g/mol. The first-order valence-electron chi connectivity index (χ1n) is 3.86. The lowest BCUT2D eigenvalue weighted by molar-refractivity contribution is 0.667. The van der Waals surface area contributed by atoms with Crippen LogP contribution < -0.4 is 0 Å². The van der Waals surface area contributed by atoms with Crippen LogP contribution in [0.15, 0.2) is 12.7 Å². The zero-order valence-corrected chi connectivity index (χ0v) is 6.40. The maximum Gasteiger partial charge on any atom is 0.0864 e. The van der Waals surface area contributed by atoms with Gasteiger partial charge in [-0.2, -0.15) is 0 Å². The summed E-state index contributed by atoms with van der Waals surface area (Å²) >= 11 is 0. The third kappa shape index (κ3) is 7.61. The van der Waals surface area contributed by atoms with Gasteiger partial charge in [0.25, 0.3) is 0 Å². The lowest BCUT2D eigenvalue weighted by Gasteiger charge is -1.91. The molecule has 0 rings (SSSR count). The molecule has 0 N–H and O–H groups in total. The van der Waals surface area contributed by atoms with E-state index in [1.54, 1.807) is 0 Å². The van der Waals surface area contributed by atoms with Crippen LogP contribution in [0.1, 0.15) is 39.0 Å². The van der Waals surface area contributed by atoms with Crippen molar-refractivity contribution < 1.29 is 0 Å². The highest BCUT2D eigenvalue weighted by atomic mass is 13.9. The van der Waals surface area contributed by atoms with E-state index < -0.39 is 0 Å². The molecule has 0 aliphatic heterocycles. The summed E-state index contributed by atoms with van der Waals surface area (Å²) in [5.41, 5.74) is 0. The average Bonchev–Trinajstić information content (AvgIpc) is 1.89. The Kier molecular flexibility index (Phi) is 7.28. The molecule has 0 radical (unpaired) electrons. The zero-order valence-electron chi connectivity index (χ0n) is 6.40. The van der Waals surface area contributed by atoms with Gasteiger partial charge in [0.1, 0.15) is 0 Å². The second-order valence-corrected chi connectivity index (χ2v) is 2.32. The normalized spacial score (nSPS) is 9.00. The fraction of sp³-hybridized carbons (Fsp3) is 0.667. The standard InChI is InChI=1S/C9H17/c1-3-5-7-9-8-6-4-2/h3,5H,1,4,6-9H2,2H3/q+1. The van der Waals surface area contributed by atoms with Crippen LogP contribution in [0.3, 0.4) is 0 Å². The lowest BCUT2D eigenvalue weighted by atomic mass is 10.1. The van der Waals surface area contributed by atoms with Crippen LogP contribution in [0.4, 0.5) is 0 Å². The number of unbranched alkanes of at least 4 members (excludes halogenated alkanes) is 5. The third-order valence-electron chi connectivity index (χ3n) is 1.39. The van der Waals surface area contributed by atoms with Gasteiger partial charge in [-0.05, 0) is 6.42 Å². The second kappa shape index (κ2) is 7.61. The molecule has 52 valence electrons. The smallest absolute Gasteiger partial charge is 0.0654 e. The van der Waals surface area contributed by atoms with Crippen molar-refractivity contribution in [3.63, 3.8) is 0 Å². The molecule has 9 heavy (non-hydrogen) atoms. The predicted octanol–water partition coefficient (Wildman–Crippen LogP) is 3.35. The Morgan fingerprint density at radius 3 is 2.67 bits per heavy atom. The molecule has 0 aromatic carbocycles. The monoisotopic (exact) mass is 125 g/mol. The van der Waals surface area contributed by atoms with Crippen LogP contribution in [0.5, 0.6) is 0 Å². The van der Waals surface area contributed by atoms with Gasteiger partial charge in [-0.15, -0.1) is 0 Å². The van der Waals surface area contributed by atoms with Crippen molar-refractivity contribution in [3.8, 4) is 0 Å². The van der Waals surface area contributed by atoms with Gasteiger partial charge in [-0.3, -0.25) is 0 Å². The fourth-order valence-corrected chi connectivity index (χ4v) is 0.807. The predicted molar refractivity (Wildman–Crippen MR) is 43.3 cm³/mol. The molecule has 0 nitrogen and oxygen atoms in total. The summed E-state index contributed by atoms with van der Waals surface area (Å²) in [6.45, 7) is 5.86. The largest absolute Gasteiger partial charge is 0.0864 e. The highest BCUT2D eigenvalue weighted by Crippen LogP contribution is 2.03. The molecule has 0 aromatic heterocycles. The maximum atomic E-state index is 3.62. The quantitative estimate of drug-likeness (QED) is 0.377. The SMILES string of the molecule is C=C[CH+]CCCCCC. The molecule has 0 saturated heterocycles. The number of rotatable bonds is 6. The summed E-state index contributed by atoms with van der Waals surface area (Å²) in [6.07, 6.45) is 10.6. The molecule has 0 atom stereocenters. The van der Waals surface area contributed by atoms with Gasteiger partial charge in [0.2, 0.25) is 0 Å². The van der Waals surface area contributed by atoms with Crippen molar-refractivity contribution >= 4 is 0 Å². The second-order valence-electron chi connectivity index (χ2n) is 2.32. The van der Waals surface area contributed by atoms with E-state index in [4.69, 9.17) is 0 Å². The maximum absolute atomic E-state index is 3.62. The summed E-state index contributed by atoms with van der Waals surface area (Å²) in [7, 11) is 0. The van der Waals surface area contributed by atoms with Crippen LogP contribution in [0.25, 0.3) is 0 Å². The first kappa shape index (κ1) is 8.61. The van der Waals surface area contributed by atoms with Gasteiger partial charge < -0.3 is 0 Å². The summed E-state index contributed by atoms with van der Waals surface area (Å²) in [6, 6.07) is 0. The summed E-state index contributed by atoms with van der Waals surface area (Å²) in [5, 5.41) is 0. The van der Waals surface area contributed by atoms with Crippen LogP contribution in [-0.2, 0) is 0 Å². The summed E-state index contributed by atoms with van der Waals surface area (Å²) < 4.78 is 0. The number of hydrogen-bond acceptors (Lipinski definition) is 0. The molecular formula is C9H17+. The van der Waals surface area contributed by atoms with Crippen LogP contribution in [-0.4, -0.2) is 0 Å². The molecule has 0 aliphatic carbocycles. The van der Waals surface area contributed by atoms with E-state index in [-0.39, 0.29) is 0 Å². The van der Waals surface area contributed by atoms with E-state index in [1.165, 1.54) is 32.1 Å². The minimum atomic E-state index is 1.21. The molecule has 0 fully saturated rings. The minimum Gasteiger partial charge on any atom is -0.0654 e. The van der Waals surface area contributed by atoms with E-state index in [2.05, 4.69) is 19.9 Å². The zero-order chi connectivity index (χ0) is 6.95. The van der Waals surface area contributed by atoms with Crippen molar-refractivity contribution in [1.82, 2.24) is 0 Å². The van der Waals surface area contributed by atoms with Crippen molar-refractivity contribution in [1.29, 1.82) is 0 Å². The molecule has 0 heterocycles. The van der Waals surface area contributed by atoms with Crippen LogP contribution in [0.2, 0.25) is 0 Å². The molecule has 0 aliphatic rings. The molecule has 0 unspecified atom stereocenters. The number of hydrogen-bond donors (Lipinski definition) is 0. The van der Waals surface area contributed by atoms with E-state index in [0.717, 1.165) is 0 Å². The van der Waals surface area contributed by atoms with Gasteiger partial charge in [-0.25, -0.2) is 0 Å². The molecule has 0 heteroatoms. The van der Waals surface area contributed by atoms with E-state index in [1.807, 2.05) is 6.08 Å². The summed E-state index contributed by atoms with van der Waals surface area (Å²) in [5.74, 6) is 0. The Balaban J connectivity index is 2.66. The Labute approximate surface area is 59.0 Å². The molecule has 0 aromatic rings. The first-order valence-corrected chi connectivity index (χ1v) is 3.86. The van der Waals surface area contributed by atoms with Gasteiger partial charge in [0.15, 0.2) is 0 Å².